The molecular weight excluding hydrogens is 487 g/mol. The van der Waals surface area contributed by atoms with Crippen LogP contribution < -0.4 is 14.8 Å². The molecule has 2 aliphatic heterocycles. The molecule has 1 amide bonds. The van der Waals surface area contributed by atoms with Crippen LogP contribution >= 0.6 is 0 Å². The molecule has 2 bridgehead atoms. The first kappa shape index (κ1) is 25.2. The summed E-state index contributed by atoms with van der Waals surface area (Å²) >= 11 is 0. The number of halogens is 3. The summed E-state index contributed by atoms with van der Waals surface area (Å²) in [5.41, 5.74) is 1.82. The van der Waals surface area contributed by atoms with Crippen LogP contribution in [0.15, 0.2) is 30.7 Å². The number of hydrogen-bond donors (Lipinski definition) is 2. The second-order valence-corrected chi connectivity index (χ2v) is 8.68. The zero-order valence-corrected chi connectivity index (χ0v) is 19.4. The number of carbonyl (C=O) groups is 2. The van der Waals surface area contributed by atoms with Gasteiger partial charge in [-0.25, -0.2) is 14.8 Å². The van der Waals surface area contributed by atoms with E-state index in [1.807, 2.05) is 10.6 Å². The number of aliphatic carboxylic acids is 1. The number of carboxylic acids is 1. The van der Waals surface area contributed by atoms with Gasteiger partial charge in [0.25, 0.3) is 11.8 Å². The molecule has 0 atom stereocenters. The minimum Gasteiger partial charge on any atom is -0.480 e. The molecule has 2 N–H and O–H groups in total. The molecular formula is C22H22F3N5O6. The number of rotatable bonds is 5. The Hall–Kier alpha value is -3.94. The molecule has 0 radical (unpaired) electrons. The zero-order valence-electron chi connectivity index (χ0n) is 19.4. The van der Waals surface area contributed by atoms with Crippen molar-refractivity contribution >= 4 is 23.3 Å². The summed E-state index contributed by atoms with van der Waals surface area (Å²) in [4.78, 5) is 34.8. The second kappa shape index (κ2) is 8.93. The average Bonchev–Trinajstić information content (AvgIpc) is 3.49. The number of ether oxygens (including phenoxy) is 3. The van der Waals surface area contributed by atoms with Crippen molar-refractivity contribution in [2.24, 2.45) is 0 Å². The summed E-state index contributed by atoms with van der Waals surface area (Å²) in [7, 11) is 3.00. The largest absolute Gasteiger partial charge is 0.490 e. The van der Waals surface area contributed by atoms with Crippen molar-refractivity contribution < 1.29 is 42.1 Å². The maximum absolute atomic E-state index is 12.7. The molecule has 6 rings (SSSR count). The van der Waals surface area contributed by atoms with Gasteiger partial charge < -0.3 is 24.6 Å². The van der Waals surface area contributed by atoms with Crippen molar-refractivity contribution in [2.75, 3.05) is 26.1 Å². The molecule has 0 unspecified atom stereocenters. The molecule has 14 heteroatoms. The number of aromatic nitrogens is 4. The number of amides is 1. The molecule has 0 spiro atoms. The maximum Gasteiger partial charge on any atom is 0.490 e. The number of methoxy groups -OCH3 is 2. The van der Waals surface area contributed by atoms with Gasteiger partial charge in [0.15, 0.2) is 5.82 Å². The van der Waals surface area contributed by atoms with Crippen LogP contribution in [0.1, 0.15) is 35.8 Å². The Labute approximate surface area is 202 Å². The first-order valence-corrected chi connectivity index (χ1v) is 10.6. The lowest BCUT2D eigenvalue weighted by molar-refractivity contribution is -0.192. The van der Waals surface area contributed by atoms with Crippen LogP contribution in [0.4, 0.5) is 19.0 Å². The fraction of sp³-hybridized carbons (Fsp3) is 0.409. The summed E-state index contributed by atoms with van der Waals surface area (Å²) in [6.07, 6.45) is 2.09. The van der Waals surface area contributed by atoms with E-state index in [1.54, 1.807) is 24.5 Å². The van der Waals surface area contributed by atoms with Gasteiger partial charge in [-0.2, -0.15) is 18.2 Å². The number of carbonyl (C=O) groups excluding carboxylic acids is 1. The Kier molecular flexibility index (Phi) is 6.24. The van der Waals surface area contributed by atoms with Crippen molar-refractivity contribution in [3.05, 3.63) is 42.0 Å². The number of nitrogens with one attached hydrogen (secondary N) is 1. The number of nitrogens with zero attached hydrogens (tertiary/aromatic N) is 4. The minimum atomic E-state index is -5.08. The highest BCUT2D eigenvalue weighted by atomic mass is 19.4. The number of anilines is 1. The molecule has 2 saturated heterocycles. The molecule has 3 aromatic heterocycles. The van der Waals surface area contributed by atoms with Crippen LogP contribution in [0.2, 0.25) is 0 Å². The molecule has 11 nitrogen and oxygen atoms in total. The van der Waals surface area contributed by atoms with Gasteiger partial charge in [-0.1, -0.05) is 0 Å². The highest BCUT2D eigenvalue weighted by Crippen LogP contribution is 2.58. The normalized spacial score (nSPS) is 22.3. The fourth-order valence-electron chi connectivity index (χ4n) is 4.48. The van der Waals surface area contributed by atoms with E-state index in [-0.39, 0.29) is 22.8 Å². The Bertz CT molecular complexity index is 1320. The van der Waals surface area contributed by atoms with Gasteiger partial charge in [0.2, 0.25) is 11.5 Å². The van der Waals surface area contributed by atoms with Gasteiger partial charge in [-0.05, 0) is 31.9 Å². The molecule has 0 aromatic carbocycles. The van der Waals surface area contributed by atoms with Crippen LogP contribution in [0.5, 0.6) is 11.8 Å². The van der Waals surface area contributed by atoms with E-state index in [1.165, 1.54) is 14.2 Å². The highest BCUT2D eigenvalue weighted by Gasteiger charge is 2.61. The summed E-state index contributed by atoms with van der Waals surface area (Å²) in [6, 6.07) is 3.31. The van der Waals surface area contributed by atoms with Crippen LogP contribution in [0.3, 0.4) is 0 Å². The Balaban J connectivity index is 0.000000384. The van der Waals surface area contributed by atoms with Gasteiger partial charge in [0.1, 0.15) is 5.56 Å². The van der Waals surface area contributed by atoms with Crippen LogP contribution in [-0.4, -0.2) is 68.9 Å². The predicted octanol–water partition coefficient (Wildman–Crippen LogP) is 2.85. The van der Waals surface area contributed by atoms with Gasteiger partial charge in [0, 0.05) is 17.8 Å². The first-order valence-electron chi connectivity index (χ1n) is 10.6. The number of fused-ring (bicyclic) bond motifs is 2. The molecule has 1 aliphatic carbocycles. The standard InChI is InChI=1S/C20H21N5O4.C2HF3O2/c1-19-9-20(10-19,11-29-19)13-7-25-8-14(24-18(28-3)15(25)22-13)23-16(26)12-5-4-6-21-17(12)27-2;3-2(4,5)1(6)7/h4-8H,9-11H2,1-3H3,(H,23,26);(H,6,7). The molecule has 3 aromatic rings. The van der Waals surface area contributed by atoms with Crippen molar-refractivity contribution in [1.29, 1.82) is 0 Å². The molecule has 192 valence electrons. The summed E-state index contributed by atoms with van der Waals surface area (Å²) in [6.45, 7) is 2.81. The third kappa shape index (κ3) is 4.63. The number of carboxylic acid groups (broad SMARTS) is 1. The van der Waals surface area contributed by atoms with Crippen molar-refractivity contribution in [3.63, 3.8) is 0 Å². The van der Waals surface area contributed by atoms with Crippen molar-refractivity contribution in [3.8, 4) is 11.8 Å². The third-order valence-electron chi connectivity index (χ3n) is 5.96. The smallest absolute Gasteiger partial charge is 0.480 e. The third-order valence-corrected chi connectivity index (χ3v) is 5.96. The molecule has 1 saturated carbocycles. The van der Waals surface area contributed by atoms with Gasteiger partial charge in [-0.3, -0.25) is 9.20 Å². The second-order valence-electron chi connectivity index (χ2n) is 8.68. The Morgan fingerprint density at radius 1 is 1.17 bits per heavy atom. The predicted molar refractivity (Wildman–Crippen MR) is 117 cm³/mol. The number of pyridine rings is 1. The van der Waals surface area contributed by atoms with E-state index in [9.17, 15) is 18.0 Å². The minimum absolute atomic E-state index is 0.0277. The molecule has 3 aliphatic rings. The number of imidazole rings is 1. The maximum atomic E-state index is 12.7. The topological polar surface area (TPSA) is 137 Å². The summed E-state index contributed by atoms with van der Waals surface area (Å²) in [5.74, 6) is -2.21. The summed E-state index contributed by atoms with van der Waals surface area (Å²) < 4.78 is 50.1. The number of alkyl halides is 3. The van der Waals surface area contributed by atoms with E-state index < -0.39 is 12.1 Å². The van der Waals surface area contributed by atoms with Crippen molar-refractivity contribution in [1.82, 2.24) is 19.4 Å². The van der Waals surface area contributed by atoms with E-state index in [0.29, 0.717) is 29.5 Å². The first-order chi connectivity index (χ1) is 16.9. The lowest BCUT2D eigenvalue weighted by Crippen LogP contribution is -2.45. The lowest BCUT2D eigenvalue weighted by atomic mass is 9.62. The Morgan fingerprint density at radius 3 is 2.39 bits per heavy atom. The van der Waals surface area contributed by atoms with E-state index in [4.69, 9.17) is 29.1 Å². The fourth-order valence-corrected chi connectivity index (χ4v) is 4.48. The SMILES string of the molecule is COc1ncccc1C(=O)Nc1cn2cc(C34COC(C)(C3)C4)nc2c(OC)n1.O=C(O)C(F)(F)F. The quantitative estimate of drug-likeness (QED) is 0.532. The van der Waals surface area contributed by atoms with Gasteiger partial charge in [0.05, 0.1) is 38.3 Å². The number of hydrogen-bond acceptors (Lipinski definition) is 8. The average molecular weight is 509 g/mol. The van der Waals surface area contributed by atoms with Gasteiger partial charge in [-0.15, -0.1) is 0 Å². The zero-order chi connectivity index (χ0) is 26.3. The lowest BCUT2D eigenvalue weighted by Gasteiger charge is -2.41. The molecule has 36 heavy (non-hydrogen) atoms. The molecule has 5 heterocycles. The van der Waals surface area contributed by atoms with Crippen LogP contribution in [0, 0.1) is 0 Å². The van der Waals surface area contributed by atoms with Crippen molar-refractivity contribution in [2.45, 2.75) is 37.0 Å². The van der Waals surface area contributed by atoms with Gasteiger partial charge >= 0.3 is 12.1 Å². The van der Waals surface area contributed by atoms with E-state index >= 15 is 0 Å². The Morgan fingerprint density at radius 2 is 1.83 bits per heavy atom. The van der Waals surface area contributed by atoms with E-state index in [0.717, 1.165) is 18.5 Å². The monoisotopic (exact) mass is 509 g/mol. The highest BCUT2D eigenvalue weighted by molar-refractivity contribution is 6.05. The summed E-state index contributed by atoms with van der Waals surface area (Å²) in [5, 5.41) is 9.91. The van der Waals surface area contributed by atoms with E-state index in [2.05, 4.69) is 22.2 Å². The molecule has 3 fully saturated rings. The van der Waals surface area contributed by atoms with Crippen LogP contribution in [-0.2, 0) is 14.9 Å². The van der Waals surface area contributed by atoms with Crippen LogP contribution in [0.25, 0.3) is 5.65 Å².